The Morgan fingerprint density at radius 2 is 1.97 bits per heavy atom. The van der Waals surface area contributed by atoms with Gasteiger partial charge in [-0.1, -0.05) is 6.07 Å². The van der Waals surface area contributed by atoms with Crippen LogP contribution in [0, 0.1) is 11.8 Å². The summed E-state index contributed by atoms with van der Waals surface area (Å²) < 4.78 is 1.95. The lowest BCUT2D eigenvalue weighted by atomic mass is 10.1. The number of nitrogens with zero attached hydrogens (tertiary/aromatic N) is 5. The zero-order valence-corrected chi connectivity index (χ0v) is 18.4. The highest BCUT2D eigenvalue weighted by Crippen LogP contribution is 2.50. The second-order valence-corrected chi connectivity index (χ2v) is 10.1. The molecule has 4 heterocycles. The van der Waals surface area contributed by atoms with E-state index in [4.69, 9.17) is 10.7 Å². The number of piperidine rings is 1. The van der Waals surface area contributed by atoms with E-state index < -0.39 is 0 Å². The summed E-state index contributed by atoms with van der Waals surface area (Å²) in [5.74, 6) is 3.32. The standard InChI is InChI=1S/C25H27N7O/c26-23-20-2-3-21(19(20)5-8-27-23)30-24(33)17-10-29-32(14-17)25(6-7-25)18-1-4-22(28-11-18)31-12-15-9-16(15)13-31/h1,4-5,8,10-11,14-16,21H,2-3,6-7,9,12-13H2,(H2,26,27)(H,30,33)/t15?,16?,21-/m1/s1. The fourth-order valence-electron chi connectivity index (χ4n) is 5.84. The first-order chi connectivity index (χ1) is 16.1. The molecule has 0 spiro atoms. The summed E-state index contributed by atoms with van der Waals surface area (Å²) in [6, 6.07) is 6.25. The van der Waals surface area contributed by atoms with Gasteiger partial charge in [0.2, 0.25) is 0 Å². The molecule has 3 aromatic heterocycles. The third kappa shape index (κ3) is 3.03. The summed E-state index contributed by atoms with van der Waals surface area (Å²) in [5, 5.41) is 7.74. The van der Waals surface area contributed by atoms with E-state index in [1.165, 1.54) is 12.0 Å². The van der Waals surface area contributed by atoms with Gasteiger partial charge in [-0.05, 0) is 72.8 Å². The van der Waals surface area contributed by atoms with E-state index in [2.05, 4.69) is 32.4 Å². The quantitative estimate of drug-likeness (QED) is 0.631. The summed E-state index contributed by atoms with van der Waals surface area (Å²) in [6.07, 6.45) is 12.3. The molecule has 1 saturated heterocycles. The van der Waals surface area contributed by atoms with Crippen LogP contribution in [0.5, 0.6) is 0 Å². The predicted molar refractivity (Wildman–Crippen MR) is 124 cm³/mol. The highest BCUT2D eigenvalue weighted by molar-refractivity contribution is 5.94. The van der Waals surface area contributed by atoms with Crippen LogP contribution in [0.2, 0.25) is 0 Å². The Bertz CT molecular complexity index is 1240. The molecular weight excluding hydrogens is 414 g/mol. The Morgan fingerprint density at radius 1 is 1.12 bits per heavy atom. The van der Waals surface area contributed by atoms with Crippen LogP contribution in [0.3, 0.4) is 0 Å². The van der Waals surface area contributed by atoms with E-state index in [0.717, 1.165) is 67.6 Å². The first kappa shape index (κ1) is 19.1. The molecule has 33 heavy (non-hydrogen) atoms. The van der Waals surface area contributed by atoms with Gasteiger partial charge in [-0.25, -0.2) is 9.97 Å². The number of anilines is 2. The second kappa shape index (κ2) is 6.79. The fourth-order valence-corrected chi connectivity index (χ4v) is 5.84. The lowest BCUT2D eigenvalue weighted by molar-refractivity contribution is 0.0936. The molecule has 2 saturated carbocycles. The fraction of sp³-hybridized carbons (Fsp3) is 0.440. The molecule has 3 aromatic rings. The third-order valence-electron chi connectivity index (χ3n) is 8.08. The number of nitrogen functional groups attached to an aromatic ring is 1. The maximum Gasteiger partial charge on any atom is 0.254 e. The van der Waals surface area contributed by atoms with Crippen molar-refractivity contribution in [2.45, 2.75) is 43.7 Å². The minimum absolute atomic E-state index is 0.0376. The molecule has 0 radical (unpaired) electrons. The van der Waals surface area contributed by atoms with E-state index in [1.807, 2.05) is 23.1 Å². The average Bonchev–Trinajstić information content (AvgIpc) is 3.60. The SMILES string of the molecule is Nc1nccc2c1CC[C@H]2NC(=O)c1cnn(C2(c3ccc(N4CC5CC5C4)nc3)CC2)c1. The molecule has 8 nitrogen and oxygen atoms in total. The van der Waals surface area contributed by atoms with E-state index in [-0.39, 0.29) is 17.5 Å². The minimum atomic E-state index is -0.183. The van der Waals surface area contributed by atoms with Crippen LogP contribution in [0.25, 0.3) is 0 Å². The van der Waals surface area contributed by atoms with E-state index in [0.29, 0.717) is 11.4 Å². The molecule has 7 rings (SSSR count). The number of hydrogen-bond acceptors (Lipinski definition) is 6. The van der Waals surface area contributed by atoms with Gasteiger partial charge >= 0.3 is 0 Å². The third-order valence-corrected chi connectivity index (χ3v) is 8.08. The molecule has 0 aromatic carbocycles. The largest absolute Gasteiger partial charge is 0.383 e. The predicted octanol–water partition coefficient (Wildman–Crippen LogP) is 2.67. The zero-order chi connectivity index (χ0) is 22.2. The average molecular weight is 442 g/mol. The molecule has 168 valence electrons. The number of carbonyl (C=O) groups excluding carboxylic acids is 1. The Labute approximate surface area is 192 Å². The van der Waals surface area contributed by atoms with Gasteiger partial charge in [-0.2, -0.15) is 5.10 Å². The van der Waals surface area contributed by atoms with Gasteiger partial charge in [0.25, 0.3) is 5.91 Å². The van der Waals surface area contributed by atoms with Gasteiger partial charge in [-0.3, -0.25) is 9.48 Å². The maximum absolute atomic E-state index is 13.0. The first-order valence-corrected chi connectivity index (χ1v) is 11.9. The number of aromatic nitrogens is 4. The van der Waals surface area contributed by atoms with Crippen molar-refractivity contribution in [1.82, 2.24) is 25.1 Å². The number of nitrogens with one attached hydrogen (secondary N) is 1. The van der Waals surface area contributed by atoms with Gasteiger partial charge in [0, 0.05) is 31.7 Å². The van der Waals surface area contributed by atoms with Crippen molar-refractivity contribution in [1.29, 1.82) is 0 Å². The molecule has 4 aliphatic rings. The normalized spacial score (nSPS) is 26.1. The number of amides is 1. The summed E-state index contributed by atoms with van der Waals surface area (Å²) in [7, 11) is 0. The van der Waals surface area contributed by atoms with Gasteiger partial charge in [0.1, 0.15) is 11.6 Å². The van der Waals surface area contributed by atoms with Gasteiger partial charge in [-0.15, -0.1) is 0 Å². The molecule has 1 amide bonds. The van der Waals surface area contributed by atoms with Crippen molar-refractivity contribution in [2.75, 3.05) is 23.7 Å². The van der Waals surface area contributed by atoms with Crippen molar-refractivity contribution in [3.63, 3.8) is 0 Å². The van der Waals surface area contributed by atoms with E-state index >= 15 is 0 Å². The highest BCUT2D eigenvalue weighted by Gasteiger charge is 2.48. The summed E-state index contributed by atoms with van der Waals surface area (Å²) in [4.78, 5) is 24.3. The van der Waals surface area contributed by atoms with Crippen molar-refractivity contribution in [2.24, 2.45) is 11.8 Å². The lowest BCUT2D eigenvalue weighted by Crippen LogP contribution is -2.27. The lowest BCUT2D eigenvalue weighted by Gasteiger charge is -2.21. The molecule has 1 aliphatic heterocycles. The molecule has 2 unspecified atom stereocenters. The highest BCUT2D eigenvalue weighted by atomic mass is 16.1. The van der Waals surface area contributed by atoms with Crippen LogP contribution in [0.15, 0.2) is 43.0 Å². The molecular formula is C25H27N7O. The van der Waals surface area contributed by atoms with Crippen LogP contribution < -0.4 is 16.0 Å². The molecule has 3 aliphatic carbocycles. The van der Waals surface area contributed by atoms with Crippen LogP contribution in [0.1, 0.15) is 58.8 Å². The van der Waals surface area contributed by atoms with Crippen molar-refractivity contribution in [3.05, 3.63) is 65.2 Å². The topological polar surface area (TPSA) is 102 Å². The smallest absolute Gasteiger partial charge is 0.254 e. The van der Waals surface area contributed by atoms with Gasteiger partial charge in [0.15, 0.2) is 0 Å². The van der Waals surface area contributed by atoms with Gasteiger partial charge in [0.05, 0.1) is 23.3 Å². The van der Waals surface area contributed by atoms with E-state index in [1.54, 1.807) is 12.4 Å². The number of rotatable bonds is 5. The monoisotopic (exact) mass is 441 g/mol. The molecule has 0 bridgehead atoms. The van der Waals surface area contributed by atoms with Gasteiger partial charge < -0.3 is 16.0 Å². The van der Waals surface area contributed by atoms with Crippen molar-refractivity contribution in [3.8, 4) is 0 Å². The van der Waals surface area contributed by atoms with Crippen molar-refractivity contribution >= 4 is 17.5 Å². The van der Waals surface area contributed by atoms with E-state index in [9.17, 15) is 4.79 Å². The van der Waals surface area contributed by atoms with Crippen molar-refractivity contribution < 1.29 is 4.79 Å². The number of fused-ring (bicyclic) bond motifs is 2. The molecule has 3 atom stereocenters. The molecule has 8 heteroatoms. The zero-order valence-electron chi connectivity index (χ0n) is 18.4. The Hall–Kier alpha value is -3.42. The van der Waals surface area contributed by atoms with Crippen LogP contribution in [-0.4, -0.2) is 38.7 Å². The van der Waals surface area contributed by atoms with Crippen LogP contribution in [0.4, 0.5) is 11.6 Å². The number of carbonyl (C=O) groups is 1. The molecule has 3 N–H and O–H groups in total. The summed E-state index contributed by atoms with van der Waals surface area (Å²) >= 11 is 0. The van der Waals surface area contributed by atoms with Crippen LogP contribution >= 0.6 is 0 Å². The number of hydrogen-bond donors (Lipinski definition) is 2. The first-order valence-electron chi connectivity index (χ1n) is 11.9. The maximum atomic E-state index is 13.0. The second-order valence-electron chi connectivity index (χ2n) is 10.1. The Balaban J connectivity index is 1.07. The number of pyridine rings is 2. The Kier molecular flexibility index (Phi) is 3.93. The van der Waals surface area contributed by atoms with Crippen LogP contribution in [-0.2, 0) is 12.0 Å². The summed E-state index contributed by atoms with van der Waals surface area (Å²) in [6.45, 7) is 2.29. The Morgan fingerprint density at radius 3 is 2.73 bits per heavy atom. The summed E-state index contributed by atoms with van der Waals surface area (Å²) in [5.41, 5.74) is 9.69. The minimum Gasteiger partial charge on any atom is -0.383 e. The number of nitrogens with two attached hydrogens (primary N) is 1. The molecule has 3 fully saturated rings.